The van der Waals surface area contributed by atoms with Gasteiger partial charge in [0.05, 0.1) is 26.9 Å². The highest BCUT2D eigenvalue weighted by Crippen LogP contribution is 2.91. The van der Waals surface area contributed by atoms with Crippen molar-refractivity contribution in [2.75, 3.05) is 33.5 Å². The zero-order valence-corrected chi connectivity index (χ0v) is 18.7. The molecule has 3 unspecified atom stereocenters. The fraction of sp³-hybridized carbons (Fsp3) is 0.308. The summed E-state index contributed by atoms with van der Waals surface area (Å²) in [4.78, 5) is 0. The molecule has 1 aromatic carbocycles. The summed E-state index contributed by atoms with van der Waals surface area (Å²) in [6, 6.07) is 6.03. The number of ether oxygens (including phenoxy) is 5. The van der Waals surface area contributed by atoms with Crippen molar-refractivity contribution < 1.29 is 23.7 Å². The highest BCUT2D eigenvalue weighted by atomic mass is 31.2. The lowest BCUT2D eigenvalue weighted by molar-refractivity contribution is 0.0478. The maximum Gasteiger partial charge on any atom is 0.161 e. The Morgan fingerprint density at radius 1 is 1.00 bits per heavy atom. The molecule has 6 aliphatic heterocycles. The Morgan fingerprint density at radius 3 is 2.47 bits per heavy atom. The third kappa shape index (κ3) is 2.79. The summed E-state index contributed by atoms with van der Waals surface area (Å²) in [5.41, 5.74) is 2.36. The van der Waals surface area contributed by atoms with Crippen LogP contribution in [0.15, 0.2) is 87.6 Å². The van der Waals surface area contributed by atoms with Crippen LogP contribution in [0, 0.1) is 0 Å². The highest BCUT2D eigenvalue weighted by Gasteiger charge is 2.61. The van der Waals surface area contributed by atoms with Crippen molar-refractivity contribution in [2.45, 2.75) is 18.3 Å². The quantitative estimate of drug-likeness (QED) is 0.393. The number of rotatable bonds is 9. The molecule has 6 aliphatic rings. The second-order valence-electron chi connectivity index (χ2n) is 8.78. The van der Waals surface area contributed by atoms with Gasteiger partial charge in [-0.1, -0.05) is 6.07 Å². The molecule has 6 heterocycles. The van der Waals surface area contributed by atoms with Crippen LogP contribution in [-0.2, 0) is 14.2 Å². The average molecular weight is 447 g/mol. The van der Waals surface area contributed by atoms with E-state index in [1.807, 2.05) is 12.1 Å². The lowest BCUT2D eigenvalue weighted by Gasteiger charge is -2.19. The maximum absolute atomic E-state index is 6.51. The third-order valence-electron chi connectivity index (χ3n) is 6.89. The van der Waals surface area contributed by atoms with Gasteiger partial charge in [0.2, 0.25) is 0 Å². The molecule has 1 aromatic rings. The van der Waals surface area contributed by atoms with Crippen LogP contribution in [0.25, 0.3) is 0 Å². The fourth-order valence-corrected chi connectivity index (χ4v) is 9.57. The molecule has 0 aliphatic carbocycles. The molecule has 32 heavy (non-hydrogen) atoms. The first kappa shape index (κ1) is 19.1. The predicted octanol–water partition coefficient (Wildman–Crippen LogP) is 5.02. The van der Waals surface area contributed by atoms with E-state index in [-0.39, 0.29) is 18.3 Å². The van der Waals surface area contributed by atoms with Crippen LogP contribution >= 0.6 is 7.26 Å². The van der Waals surface area contributed by atoms with E-state index in [4.69, 9.17) is 23.7 Å². The Hall–Kier alpha value is -2.43. The zero-order valence-electron chi connectivity index (χ0n) is 17.8. The Balaban J connectivity index is 1.12. The van der Waals surface area contributed by atoms with Gasteiger partial charge < -0.3 is 23.7 Å². The summed E-state index contributed by atoms with van der Waals surface area (Å²) in [5, 5.41) is 5.89. The van der Waals surface area contributed by atoms with Crippen molar-refractivity contribution in [2.24, 2.45) is 0 Å². The normalized spacial score (nSPS) is 27.7. The second kappa shape index (κ2) is 7.03. The molecule has 3 atom stereocenters. The molecular formula is C26H24O5P+. The lowest BCUT2D eigenvalue weighted by atomic mass is 10.1. The number of hydrogen-bond donors (Lipinski definition) is 0. The van der Waals surface area contributed by atoms with Crippen LogP contribution in [-0.4, -0.2) is 45.7 Å². The molecule has 0 aromatic heterocycles. The van der Waals surface area contributed by atoms with Crippen molar-refractivity contribution in [1.29, 1.82) is 0 Å². The minimum atomic E-state index is -1.48. The van der Waals surface area contributed by atoms with Crippen molar-refractivity contribution in [3.8, 4) is 11.5 Å². The van der Waals surface area contributed by atoms with E-state index in [1.54, 1.807) is 7.11 Å². The number of methoxy groups -OCH3 is 1. The van der Waals surface area contributed by atoms with E-state index in [0.717, 1.165) is 24.5 Å². The van der Waals surface area contributed by atoms with Crippen LogP contribution in [0.4, 0.5) is 0 Å². The first-order valence-electron chi connectivity index (χ1n) is 11.1. The van der Waals surface area contributed by atoms with E-state index in [2.05, 4.69) is 48.6 Å². The first-order chi connectivity index (χ1) is 15.8. The monoisotopic (exact) mass is 447 g/mol. The molecular weight excluding hydrogens is 423 g/mol. The van der Waals surface area contributed by atoms with Crippen molar-refractivity contribution >= 4 is 7.26 Å². The van der Waals surface area contributed by atoms with E-state index in [0.29, 0.717) is 19.0 Å². The van der Waals surface area contributed by atoms with Gasteiger partial charge in [-0.15, -0.1) is 0 Å². The predicted molar refractivity (Wildman–Crippen MR) is 123 cm³/mol. The number of epoxide rings is 2. The number of allylic oxidation sites excluding steroid dienone is 10. The molecule has 0 amide bonds. The highest BCUT2D eigenvalue weighted by molar-refractivity contribution is 7.92. The topological polar surface area (TPSA) is 52.8 Å². The number of hydrogen-bond acceptors (Lipinski definition) is 5. The first-order valence-corrected chi connectivity index (χ1v) is 12.9. The Morgan fingerprint density at radius 2 is 1.78 bits per heavy atom. The summed E-state index contributed by atoms with van der Waals surface area (Å²) in [5.74, 6) is 1.44. The Labute approximate surface area is 187 Å². The summed E-state index contributed by atoms with van der Waals surface area (Å²) in [6.07, 6.45) is 16.3. The van der Waals surface area contributed by atoms with Gasteiger partial charge in [-0.2, -0.15) is 0 Å². The standard InChI is InChI=1S/C26H24O5P/c1-27-23-11-16(2-8-22(23)29-14-18-13-28-18)26(24-15-30-24)31-12-17-10-21-7-9-25(17)32(21)19-3-4-20(32)6-5-19/h2-11,18,24,26H,12-15H2,1H3/q+1. The summed E-state index contributed by atoms with van der Waals surface area (Å²) >= 11 is 0. The maximum atomic E-state index is 6.51. The van der Waals surface area contributed by atoms with Crippen molar-refractivity contribution in [1.82, 2.24) is 0 Å². The number of benzene rings is 1. The van der Waals surface area contributed by atoms with E-state index >= 15 is 0 Å². The van der Waals surface area contributed by atoms with Crippen LogP contribution in [0.3, 0.4) is 0 Å². The fourth-order valence-electron chi connectivity index (χ4n) is 5.14. The lowest BCUT2D eigenvalue weighted by Crippen LogP contribution is -2.13. The molecule has 162 valence electrons. The smallest absolute Gasteiger partial charge is 0.161 e. The average Bonchev–Trinajstić information content (AvgIpc) is 3.75. The van der Waals surface area contributed by atoms with Gasteiger partial charge in [0.25, 0.3) is 0 Å². The minimum Gasteiger partial charge on any atom is -0.493 e. The SMILES string of the molecule is COc1cc(C(OCC2=C3C=CC(=C2)[P+]32C3=CC=C2C=C3)C2CO2)ccc1OCC1CO1. The van der Waals surface area contributed by atoms with Crippen molar-refractivity contribution in [3.63, 3.8) is 0 Å². The second-order valence-corrected chi connectivity index (χ2v) is 12.2. The van der Waals surface area contributed by atoms with Gasteiger partial charge in [0.15, 0.2) is 11.5 Å². The van der Waals surface area contributed by atoms with Gasteiger partial charge in [-0.3, -0.25) is 0 Å². The van der Waals surface area contributed by atoms with Gasteiger partial charge in [0, 0.05) is 5.57 Å². The van der Waals surface area contributed by atoms with Crippen LogP contribution in [0.2, 0.25) is 0 Å². The van der Waals surface area contributed by atoms with Crippen LogP contribution in [0.5, 0.6) is 11.5 Å². The van der Waals surface area contributed by atoms with Gasteiger partial charge in [-0.25, -0.2) is 0 Å². The zero-order chi connectivity index (χ0) is 21.3. The molecule has 1 spiro atoms. The molecule has 2 fully saturated rings. The summed E-state index contributed by atoms with van der Waals surface area (Å²) in [7, 11) is 0.183. The van der Waals surface area contributed by atoms with Gasteiger partial charge >= 0.3 is 0 Å². The summed E-state index contributed by atoms with van der Waals surface area (Å²) < 4.78 is 28.9. The van der Waals surface area contributed by atoms with Gasteiger partial charge in [0.1, 0.15) is 53.4 Å². The summed E-state index contributed by atoms with van der Waals surface area (Å²) in [6.45, 7) is 2.62. The van der Waals surface area contributed by atoms with Gasteiger partial charge in [-0.05, 0) is 60.2 Å². The largest absolute Gasteiger partial charge is 0.493 e. The Bertz CT molecular complexity index is 1170. The van der Waals surface area contributed by atoms with Crippen LogP contribution < -0.4 is 9.47 Å². The molecule has 0 radical (unpaired) electrons. The van der Waals surface area contributed by atoms with Crippen molar-refractivity contribution in [3.05, 3.63) is 93.1 Å². The molecule has 7 rings (SSSR count). The van der Waals surface area contributed by atoms with E-state index < -0.39 is 7.26 Å². The minimum absolute atomic E-state index is 0.0808. The molecule has 5 nitrogen and oxygen atoms in total. The Kier molecular flexibility index (Phi) is 4.19. The van der Waals surface area contributed by atoms with E-state index in [1.165, 1.54) is 26.8 Å². The van der Waals surface area contributed by atoms with E-state index in [9.17, 15) is 0 Å². The molecule has 6 heteroatoms. The molecule has 2 saturated heterocycles. The third-order valence-corrected chi connectivity index (χ3v) is 11.3. The molecule has 0 N–H and O–H groups in total. The molecule has 0 saturated carbocycles. The van der Waals surface area contributed by atoms with Crippen LogP contribution in [0.1, 0.15) is 11.7 Å². The molecule has 4 bridgehead atoms.